The van der Waals surface area contributed by atoms with Crippen molar-refractivity contribution in [3.8, 4) is 0 Å². The number of hydrogen-bond donors (Lipinski definition) is 5. The molecule has 0 aromatic carbocycles. The highest BCUT2D eigenvalue weighted by molar-refractivity contribution is 7.98. The summed E-state index contributed by atoms with van der Waals surface area (Å²) in [5.41, 5.74) is 11.3. The quantitative estimate of drug-likeness (QED) is 0.268. The van der Waals surface area contributed by atoms with Crippen LogP contribution in [0.25, 0.3) is 0 Å². The van der Waals surface area contributed by atoms with Gasteiger partial charge in [-0.25, -0.2) is 4.79 Å². The fourth-order valence-electron chi connectivity index (χ4n) is 2.35. The van der Waals surface area contributed by atoms with Crippen molar-refractivity contribution in [2.45, 2.75) is 64.1 Å². The summed E-state index contributed by atoms with van der Waals surface area (Å²) in [7, 11) is 0. The van der Waals surface area contributed by atoms with E-state index in [1.165, 1.54) is 0 Å². The Hall–Kier alpha value is -1.32. The van der Waals surface area contributed by atoms with Crippen LogP contribution in [0.15, 0.2) is 0 Å². The Labute approximate surface area is 160 Å². The molecule has 2 amide bonds. The van der Waals surface area contributed by atoms with E-state index in [2.05, 4.69) is 10.6 Å². The molecule has 0 fully saturated rings. The minimum Gasteiger partial charge on any atom is -0.480 e. The molecular weight excluding hydrogens is 356 g/mol. The fraction of sp³-hybridized carbons (Fsp3) is 0.824. The first kappa shape index (κ1) is 24.7. The molecule has 8 nitrogen and oxygen atoms in total. The van der Waals surface area contributed by atoms with Gasteiger partial charge in [0.15, 0.2) is 0 Å². The largest absolute Gasteiger partial charge is 0.480 e. The molecule has 0 saturated heterocycles. The Bertz CT molecular complexity index is 450. The lowest BCUT2D eigenvalue weighted by Crippen LogP contribution is -2.55. The number of carboxylic acid groups (broad SMARTS) is 1. The maximum absolute atomic E-state index is 12.6. The number of aliphatic carboxylic acids is 1. The van der Waals surface area contributed by atoms with Gasteiger partial charge in [-0.15, -0.1) is 0 Å². The zero-order valence-corrected chi connectivity index (χ0v) is 16.8. The van der Waals surface area contributed by atoms with Gasteiger partial charge in [0.25, 0.3) is 0 Å². The van der Waals surface area contributed by atoms with Crippen molar-refractivity contribution in [3.63, 3.8) is 0 Å². The number of carbonyl (C=O) groups excluding carboxylic acids is 2. The highest BCUT2D eigenvalue weighted by Gasteiger charge is 2.30. The topological polar surface area (TPSA) is 148 Å². The first-order valence-electron chi connectivity index (χ1n) is 9.06. The van der Waals surface area contributed by atoms with Gasteiger partial charge in [0.2, 0.25) is 11.8 Å². The lowest BCUT2D eigenvalue weighted by atomic mass is 9.98. The van der Waals surface area contributed by atoms with Crippen molar-refractivity contribution < 1.29 is 19.5 Å². The summed E-state index contributed by atoms with van der Waals surface area (Å²) in [6.45, 7) is 4.11. The third-order valence-corrected chi connectivity index (χ3v) is 4.97. The Morgan fingerprint density at radius 3 is 2.27 bits per heavy atom. The Morgan fingerprint density at radius 1 is 1.12 bits per heavy atom. The SMILES string of the molecule is CC[C@H](C)[C@H](NC(=O)[C@H](CCCCN)NC(=O)[C@@H](N)CCSC)C(=O)O. The van der Waals surface area contributed by atoms with E-state index in [0.717, 1.165) is 5.75 Å². The fourth-order valence-corrected chi connectivity index (χ4v) is 2.84. The van der Waals surface area contributed by atoms with Crippen molar-refractivity contribution in [3.05, 3.63) is 0 Å². The van der Waals surface area contributed by atoms with E-state index >= 15 is 0 Å². The van der Waals surface area contributed by atoms with Crippen molar-refractivity contribution in [2.24, 2.45) is 17.4 Å². The summed E-state index contributed by atoms with van der Waals surface area (Å²) in [5, 5.41) is 14.6. The summed E-state index contributed by atoms with van der Waals surface area (Å²) in [5.74, 6) is -1.46. The van der Waals surface area contributed by atoms with Gasteiger partial charge in [-0.3, -0.25) is 9.59 Å². The Kier molecular flexibility index (Phi) is 13.1. The summed E-state index contributed by atoms with van der Waals surface area (Å²) >= 11 is 1.59. The van der Waals surface area contributed by atoms with E-state index < -0.39 is 35.9 Å². The summed E-state index contributed by atoms with van der Waals surface area (Å²) in [6, 6.07) is -2.51. The first-order chi connectivity index (χ1) is 12.3. The van der Waals surface area contributed by atoms with Gasteiger partial charge in [0.05, 0.1) is 6.04 Å². The second kappa shape index (κ2) is 13.8. The van der Waals surface area contributed by atoms with Crippen LogP contribution < -0.4 is 22.1 Å². The van der Waals surface area contributed by atoms with Crippen molar-refractivity contribution in [1.82, 2.24) is 10.6 Å². The third-order valence-electron chi connectivity index (χ3n) is 4.33. The minimum absolute atomic E-state index is 0.222. The molecule has 152 valence electrons. The maximum Gasteiger partial charge on any atom is 0.326 e. The van der Waals surface area contributed by atoms with Crippen LogP contribution in [0.3, 0.4) is 0 Å². The van der Waals surface area contributed by atoms with Crippen LogP contribution in [0.1, 0.15) is 46.0 Å². The molecule has 0 aromatic rings. The Morgan fingerprint density at radius 2 is 1.77 bits per heavy atom. The molecule has 9 heteroatoms. The van der Waals surface area contributed by atoms with Gasteiger partial charge < -0.3 is 27.2 Å². The number of unbranched alkanes of at least 4 members (excludes halogenated alkanes) is 1. The number of rotatable bonds is 14. The zero-order valence-electron chi connectivity index (χ0n) is 16.0. The molecule has 0 aliphatic carbocycles. The van der Waals surface area contributed by atoms with Gasteiger partial charge in [0, 0.05) is 0 Å². The van der Waals surface area contributed by atoms with Crippen molar-refractivity contribution >= 4 is 29.5 Å². The number of amides is 2. The number of thioether (sulfide) groups is 1. The van der Waals surface area contributed by atoms with E-state index in [4.69, 9.17) is 11.5 Å². The van der Waals surface area contributed by atoms with E-state index in [1.807, 2.05) is 13.2 Å². The standard InChI is InChI=1S/C17H34N4O4S/c1-4-11(2)14(17(24)25)21-16(23)13(7-5-6-9-18)20-15(22)12(19)8-10-26-3/h11-14H,4-10,18-19H2,1-3H3,(H,20,22)(H,21,23)(H,24,25)/t11-,12-,13-,14-/m0/s1. The third kappa shape index (κ3) is 9.40. The second-order valence-electron chi connectivity index (χ2n) is 6.44. The average molecular weight is 391 g/mol. The van der Waals surface area contributed by atoms with Gasteiger partial charge in [0.1, 0.15) is 12.1 Å². The van der Waals surface area contributed by atoms with Crippen LogP contribution >= 0.6 is 11.8 Å². The Balaban J connectivity index is 5.00. The molecule has 7 N–H and O–H groups in total. The number of hydrogen-bond acceptors (Lipinski definition) is 6. The molecule has 0 heterocycles. The molecule has 4 atom stereocenters. The molecule has 0 bridgehead atoms. The molecular formula is C17H34N4O4S. The molecule has 0 aliphatic rings. The van der Waals surface area contributed by atoms with Crippen molar-refractivity contribution in [1.29, 1.82) is 0 Å². The van der Waals surface area contributed by atoms with Gasteiger partial charge in [-0.1, -0.05) is 20.3 Å². The minimum atomic E-state index is -1.09. The predicted octanol–water partition coefficient (Wildman–Crippen LogP) is 0.296. The van der Waals surface area contributed by atoms with E-state index in [9.17, 15) is 19.5 Å². The van der Waals surface area contributed by atoms with Gasteiger partial charge in [-0.2, -0.15) is 11.8 Å². The van der Waals surface area contributed by atoms with E-state index in [1.54, 1.807) is 18.7 Å². The van der Waals surface area contributed by atoms with Crippen molar-refractivity contribution in [2.75, 3.05) is 18.6 Å². The lowest BCUT2D eigenvalue weighted by Gasteiger charge is -2.25. The second-order valence-corrected chi connectivity index (χ2v) is 7.43. The van der Waals surface area contributed by atoms with Crippen LogP contribution in [-0.2, 0) is 14.4 Å². The summed E-state index contributed by atoms with van der Waals surface area (Å²) in [6.07, 6.45) is 4.79. The molecule has 0 spiro atoms. The number of nitrogens with two attached hydrogens (primary N) is 2. The van der Waals surface area contributed by atoms with Crippen LogP contribution in [0.2, 0.25) is 0 Å². The lowest BCUT2D eigenvalue weighted by molar-refractivity contribution is -0.143. The van der Waals surface area contributed by atoms with E-state index in [-0.39, 0.29) is 5.92 Å². The van der Waals surface area contributed by atoms with Crippen LogP contribution in [0.4, 0.5) is 0 Å². The molecule has 0 rings (SSSR count). The molecule has 0 saturated carbocycles. The van der Waals surface area contributed by atoms with Crippen LogP contribution in [-0.4, -0.2) is 59.6 Å². The molecule has 26 heavy (non-hydrogen) atoms. The highest BCUT2D eigenvalue weighted by atomic mass is 32.2. The monoisotopic (exact) mass is 390 g/mol. The van der Waals surface area contributed by atoms with E-state index in [0.29, 0.717) is 38.6 Å². The average Bonchev–Trinajstić information content (AvgIpc) is 2.61. The first-order valence-corrected chi connectivity index (χ1v) is 10.5. The van der Waals surface area contributed by atoms with Crippen LogP contribution in [0, 0.1) is 5.92 Å². The summed E-state index contributed by atoms with van der Waals surface area (Å²) in [4.78, 5) is 36.2. The smallest absolute Gasteiger partial charge is 0.326 e. The molecule has 0 radical (unpaired) electrons. The molecule has 0 aliphatic heterocycles. The molecule has 0 aromatic heterocycles. The normalized spacial score (nSPS) is 15.6. The van der Waals surface area contributed by atoms with Crippen LogP contribution in [0.5, 0.6) is 0 Å². The predicted molar refractivity (Wildman–Crippen MR) is 105 cm³/mol. The summed E-state index contributed by atoms with van der Waals surface area (Å²) < 4.78 is 0. The number of carbonyl (C=O) groups is 3. The zero-order chi connectivity index (χ0) is 20.1. The highest BCUT2D eigenvalue weighted by Crippen LogP contribution is 2.10. The van der Waals surface area contributed by atoms with Gasteiger partial charge >= 0.3 is 5.97 Å². The number of nitrogens with one attached hydrogen (secondary N) is 2. The number of carboxylic acids is 1. The maximum atomic E-state index is 12.6. The van der Waals surface area contributed by atoms with Gasteiger partial charge in [-0.05, 0) is 50.2 Å². The molecule has 0 unspecified atom stereocenters.